The van der Waals surface area contributed by atoms with Crippen molar-refractivity contribution in [2.75, 3.05) is 37.3 Å². The summed E-state index contributed by atoms with van der Waals surface area (Å²) in [6, 6.07) is 3.19. The number of likely N-dealkylation sites (N-methyl/N-ethyl adjacent to an activating group) is 1. The molecule has 0 spiro atoms. The number of amidine groups is 1. The van der Waals surface area contributed by atoms with Gasteiger partial charge < -0.3 is 10.6 Å². The summed E-state index contributed by atoms with van der Waals surface area (Å²) in [5.74, 6) is 0.393. The van der Waals surface area contributed by atoms with Crippen molar-refractivity contribution < 1.29 is 13.2 Å². The molecule has 1 aromatic rings. The van der Waals surface area contributed by atoms with Gasteiger partial charge in [-0.15, -0.1) is 11.6 Å². The summed E-state index contributed by atoms with van der Waals surface area (Å²) in [7, 11) is 1.94. The third-order valence-electron chi connectivity index (χ3n) is 3.81. The van der Waals surface area contributed by atoms with Crippen LogP contribution < -0.4 is 16.6 Å². The van der Waals surface area contributed by atoms with Crippen LogP contribution in [0, 0.1) is 0 Å². The molecule has 2 rings (SSSR count). The highest BCUT2D eigenvalue weighted by Crippen LogP contribution is 2.32. The van der Waals surface area contributed by atoms with Gasteiger partial charge in [0.25, 0.3) is 0 Å². The Balaban J connectivity index is 2.25. The molecule has 6 nitrogen and oxygen atoms in total. The Kier molecular flexibility index (Phi) is 6.49. The van der Waals surface area contributed by atoms with E-state index in [1.54, 1.807) is 0 Å². The topological polar surface area (TPSA) is 78.0 Å². The highest BCUT2D eigenvalue weighted by Gasteiger charge is 2.31. The first kappa shape index (κ1) is 20.1. The maximum atomic E-state index is 12.9. The van der Waals surface area contributed by atoms with E-state index < -0.39 is 11.7 Å². The fraction of sp³-hybridized carbons (Fsp3) is 0.375. The van der Waals surface area contributed by atoms with E-state index in [1.807, 2.05) is 7.05 Å². The Bertz CT molecular complexity index is 729. The van der Waals surface area contributed by atoms with Crippen LogP contribution in [-0.2, 0) is 6.18 Å². The molecule has 0 atom stereocenters. The zero-order chi connectivity index (χ0) is 19.3. The van der Waals surface area contributed by atoms with E-state index in [2.05, 4.69) is 32.5 Å². The normalized spacial score (nSPS) is 16.6. The molecule has 26 heavy (non-hydrogen) atoms. The summed E-state index contributed by atoms with van der Waals surface area (Å²) in [6.07, 6.45) is -3.80. The minimum absolute atomic E-state index is 0.00924. The van der Waals surface area contributed by atoms with Crippen molar-refractivity contribution in [3.8, 4) is 0 Å². The number of nitrogens with zero attached hydrogens (tertiary/aromatic N) is 3. The molecule has 0 amide bonds. The number of nitrogen functional groups attached to an aromatic ring is 1. The molecule has 0 saturated heterocycles. The molecule has 0 unspecified atom stereocenters. The van der Waals surface area contributed by atoms with Crippen LogP contribution in [0.2, 0.25) is 0 Å². The van der Waals surface area contributed by atoms with E-state index in [4.69, 9.17) is 17.3 Å². The van der Waals surface area contributed by atoms with Crippen molar-refractivity contribution >= 4 is 35.5 Å². The summed E-state index contributed by atoms with van der Waals surface area (Å²) < 4.78 is 38.8. The summed E-state index contributed by atoms with van der Waals surface area (Å²) >= 11 is 5.73. The number of benzene rings is 1. The van der Waals surface area contributed by atoms with Crippen molar-refractivity contribution in [2.45, 2.75) is 12.6 Å². The standard InChI is InChI=1S/C16H20ClF3N6/c1-22-14-3-4-26(2)8-13(14)15(23-9-17)25-24-12-6-10(16(18,19)20)5-11(21)7-12/h5-7,24H,1,3-4,8-9,21H2,2H3,(H,23,25). The van der Waals surface area contributed by atoms with E-state index in [-0.39, 0.29) is 17.4 Å². The second-order valence-electron chi connectivity index (χ2n) is 5.79. The molecule has 1 aliphatic rings. The van der Waals surface area contributed by atoms with Crippen molar-refractivity contribution in [3.63, 3.8) is 0 Å². The van der Waals surface area contributed by atoms with Gasteiger partial charge in [-0.3, -0.25) is 20.8 Å². The third kappa shape index (κ3) is 5.12. The van der Waals surface area contributed by atoms with Gasteiger partial charge in [0.15, 0.2) is 0 Å². The molecule has 1 heterocycles. The van der Waals surface area contributed by atoms with Gasteiger partial charge in [-0.1, -0.05) is 0 Å². The Morgan fingerprint density at radius 2 is 2.12 bits per heavy atom. The molecule has 0 bridgehead atoms. The van der Waals surface area contributed by atoms with Crippen LogP contribution in [0.25, 0.3) is 0 Å². The number of halogens is 4. The highest BCUT2D eigenvalue weighted by molar-refractivity contribution is 6.18. The van der Waals surface area contributed by atoms with Gasteiger partial charge in [0.2, 0.25) is 0 Å². The van der Waals surface area contributed by atoms with Gasteiger partial charge in [-0.05, 0) is 32.0 Å². The predicted octanol–water partition coefficient (Wildman–Crippen LogP) is 3.09. The van der Waals surface area contributed by atoms with E-state index in [9.17, 15) is 13.2 Å². The lowest BCUT2D eigenvalue weighted by atomic mass is 10.1. The molecule has 1 aliphatic heterocycles. The predicted molar refractivity (Wildman–Crippen MR) is 99.5 cm³/mol. The van der Waals surface area contributed by atoms with Gasteiger partial charge in [0, 0.05) is 36.5 Å². The molecular weight excluding hydrogens is 369 g/mol. The van der Waals surface area contributed by atoms with Crippen LogP contribution in [0.5, 0.6) is 0 Å². The monoisotopic (exact) mass is 388 g/mol. The fourth-order valence-corrected chi connectivity index (χ4v) is 2.68. The largest absolute Gasteiger partial charge is 0.416 e. The Hall–Kier alpha value is -2.26. The van der Waals surface area contributed by atoms with Crippen LogP contribution in [0.3, 0.4) is 0 Å². The summed E-state index contributed by atoms with van der Waals surface area (Å²) in [5, 5.41) is 0. The highest BCUT2D eigenvalue weighted by atomic mass is 35.5. The van der Waals surface area contributed by atoms with Gasteiger partial charge >= 0.3 is 6.18 Å². The van der Waals surface area contributed by atoms with Crippen molar-refractivity contribution in [3.05, 3.63) is 35.0 Å². The summed E-state index contributed by atoms with van der Waals surface area (Å²) in [4.78, 5) is 10.3. The zero-order valence-electron chi connectivity index (χ0n) is 14.2. The Labute approximate surface area is 154 Å². The average molecular weight is 389 g/mol. The Morgan fingerprint density at radius 1 is 1.38 bits per heavy atom. The van der Waals surface area contributed by atoms with Gasteiger partial charge in [0.1, 0.15) is 11.8 Å². The van der Waals surface area contributed by atoms with E-state index in [0.29, 0.717) is 18.8 Å². The molecule has 4 N–H and O–H groups in total. The first-order valence-corrected chi connectivity index (χ1v) is 8.26. The van der Waals surface area contributed by atoms with Crippen molar-refractivity contribution in [1.82, 2.24) is 10.3 Å². The minimum Gasteiger partial charge on any atom is -0.399 e. The molecule has 10 heteroatoms. The number of aliphatic imine (C=N–C) groups is 2. The number of hydrogen-bond acceptors (Lipinski definition) is 5. The number of rotatable bonds is 5. The molecule has 0 saturated carbocycles. The molecule has 1 aromatic carbocycles. The lowest BCUT2D eigenvalue weighted by molar-refractivity contribution is -0.137. The summed E-state index contributed by atoms with van der Waals surface area (Å²) in [6.45, 7) is 4.95. The quantitative estimate of drug-likeness (QED) is 0.181. The maximum Gasteiger partial charge on any atom is 0.416 e. The van der Waals surface area contributed by atoms with Crippen LogP contribution in [0.15, 0.2) is 39.5 Å². The Morgan fingerprint density at radius 3 is 2.73 bits per heavy atom. The number of hydrogen-bond donors (Lipinski definition) is 3. The first-order valence-electron chi connectivity index (χ1n) is 7.72. The third-order valence-corrected chi connectivity index (χ3v) is 3.93. The maximum absolute atomic E-state index is 12.9. The SMILES string of the molecule is C=NC1=C(/C(=N\CCl)NNc2cc(N)cc(C(F)(F)F)c2)CN(C)CC1. The van der Waals surface area contributed by atoms with Crippen molar-refractivity contribution in [1.29, 1.82) is 0 Å². The fourth-order valence-electron chi connectivity index (χ4n) is 2.56. The molecule has 0 aliphatic carbocycles. The van der Waals surface area contributed by atoms with Gasteiger partial charge in [0.05, 0.1) is 11.3 Å². The van der Waals surface area contributed by atoms with Crippen LogP contribution in [0.4, 0.5) is 24.5 Å². The van der Waals surface area contributed by atoms with Crippen LogP contribution in [-0.4, -0.2) is 43.6 Å². The number of nitrogens with two attached hydrogens (primary N) is 1. The van der Waals surface area contributed by atoms with Gasteiger partial charge in [-0.25, -0.2) is 0 Å². The average Bonchev–Trinajstić information content (AvgIpc) is 2.57. The number of nitrogens with one attached hydrogen (secondary N) is 2. The smallest absolute Gasteiger partial charge is 0.399 e. The van der Waals surface area contributed by atoms with Crippen molar-refractivity contribution in [2.24, 2.45) is 9.98 Å². The molecule has 142 valence electrons. The zero-order valence-corrected chi connectivity index (χ0v) is 15.0. The molecule has 0 radical (unpaired) electrons. The number of alkyl halides is 4. The van der Waals surface area contributed by atoms with E-state index in [1.165, 1.54) is 6.07 Å². The first-order chi connectivity index (χ1) is 12.2. The molecular formula is C16H20ClF3N6. The van der Waals surface area contributed by atoms with Gasteiger partial charge in [-0.2, -0.15) is 13.2 Å². The van der Waals surface area contributed by atoms with E-state index >= 15 is 0 Å². The second kappa shape index (κ2) is 8.41. The minimum atomic E-state index is -4.49. The van der Waals surface area contributed by atoms with Crippen LogP contribution >= 0.6 is 11.6 Å². The summed E-state index contributed by atoms with van der Waals surface area (Å²) in [5.41, 5.74) is 11.9. The van der Waals surface area contributed by atoms with E-state index in [0.717, 1.165) is 29.9 Å². The number of anilines is 2. The molecule has 0 fully saturated rings. The molecule has 0 aromatic heterocycles. The lowest BCUT2D eigenvalue weighted by Crippen LogP contribution is -2.38. The lowest BCUT2D eigenvalue weighted by Gasteiger charge is -2.27. The second-order valence-corrected chi connectivity index (χ2v) is 6.03. The van der Waals surface area contributed by atoms with Crippen LogP contribution in [0.1, 0.15) is 12.0 Å². The number of hydrazine groups is 1.